The summed E-state index contributed by atoms with van der Waals surface area (Å²) < 4.78 is 5.56. The van der Waals surface area contributed by atoms with Crippen LogP contribution in [0.5, 0.6) is 0 Å². The minimum atomic E-state index is 0.637. The summed E-state index contributed by atoms with van der Waals surface area (Å²) in [5, 5.41) is 12.2. The van der Waals surface area contributed by atoms with E-state index in [1.165, 1.54) is 0 Å². The van der Waals surface area contributed by atoms with Crippen molar-refractivity contribution in [3.63, 3.8) is 0 Å². The number of aryl methyl sites for hydroxylation is 1. The van der Waals surface area contributed by atoms with Gasteiger partial charge in [-0.1, -0.05) is 0 Å². The van der Waals surface area contributed by atoms with E-state index >= 15 is 0 Å². The quantitative estimate of drug-likeness (QED) is 0.747. The van der Waals surface area contributed by atoms with E-state index in [1.807, 2.05) is 43.3 Å². The molecule has 1 aliphatic rings. The van der Waals surface area contributed by atoms with Gasteiger partial charge >= 0.3 is 0 Å². The fraction of sp³-hybridized carbons (Fsp3) is 0.316. The summed E-state index contributed by atoms with van der Waals surface area (Å²) in [6.07, 6.45) is 3.53. The molecule has 0 radical (unpaired) electrons. The molecule has 0 atom stereocenters. The predicted octanol–water partition coefficient (Wildman–Crippen LogP) is 2.67. The molecule has 1 fully saturated rings. The Bertz CT molecular complexity index is 809. The average Bonchev–Trinajstić information content (AvgIpc) is 3.03. The van der Waals surface area contributed by atoms with Gasteiger partial charge in [0.1, 0.15) is 11.5 Å². The average molecular weight is 335 g/mol. The van der Waals surface area contributed by atoms with Gasteiger partial charge in [0.25, 0.3) is 0 Å². The van der Waals surface area contributed by atoms with Gasteiger partial charge in [-0.15, -0.1) is 10.2 Å². The smallest absolute Gasteiger partial charge is 0.151 e. The second-order valence-corrected chi connectivity index (χ2v) is 6.43. The highest BCUT2D eigenvalue weighted by Crippen LogP contribution is 2.23. The van der Waals surface area contributed by atoms with Crippen LogP contribution in [0.1, 0.15) is 11.5 Å². The number of rotatable bonds is 6. The zero-order chi connectivity index (χ0) is 17.1. The van der Waals surface area contributed by atoms with Crippen LogP contribution in [0.15, 0.2) is 53.2 Å². The molecule has 6 nitrogen and oxygen atoms in total. The minimum Gasteiger partial charge on any atom is -0.465 e. The summed E-state index contributed by atoms with van der Waals surface area (Å²) in [5.41, 5.74) is 1.91. The lowest BCUT2D eigenvalue weighted by Crippen LogP contribution is -2.51. The molecule has 1 aliphatic heterocycles. The lowest BCUT2D eigenvalue weighted by molar-refractivity contribution is 0.369. The van der Waals surface area contributed by atoms with Crippen LogP contribution in [0, 0.1) is 12.8 Å². The van der Waals surface area contributed by atoms with Crippen LogP contribution in [0.25, 0.3) is 11.3 Å². The molecule has 1 N–H and O–H groups in total. The molecule has 25 heavy (non-hydrogen) atoms. The van der Waals surface area contributed by atoms with Crippen molar-refractivity contribution in [1.82, 2.24) is 20.5 Å². The molecule has 1 saturated heterocycles. The Morgan fingerprint density at radius 1 is 1.08 bits per heavy atom. The van der Waals surface area contributed by atoms with Crippen LogP contribution >= 0.6 is 0 Å². The molecular formula is C19H21N5O. The summed E-state index contributed by atoms with van der Waals surface area (Å²) >= 11 is 0. The van der Waals surface area contributed by atoms with E-state index in [-0.39, 0.29) is 0 Å². The summed E-state index contributed by atoms with van der Waals surface area (Å²) in [5.74, 6) is 3.53. The number of furan rings is 1. The minimum absolute atomic E-state index is 0.637. The molecule has 3 aromatic heterocycles. The molecule has 6 heteroatoms. The fourth-order valence-electron chi connectivity index (χ4n) is 3.04. The first-order valence-corrected chi connectivity index (χ1v) is 8.53. The first-order valence-electron chi connectivity index (χ1n) is 8.53. The summed E-state index contributed by atoms with van der Waals surface area (Å²) in [7, 11) is 0. The monoisotopic (exact) mass is 335 g/mol. The number of pyridine rings is 1. The van der Waals surface area contributed by atoms with Crippen LogP contribution < -0.4 is 10.2 Å². The van der Waals surface area contributed by atoms with E-state index in [0.29, 0.717) is 5.92 Å². The highest BCUT2D eigenvalue weighted by Gasteiger charge is 2.27. The number of nitrogens with zero attached hydrogens (tertiary/aromatic N) is 4. The third-order valence-electron chi connectivity index (χ3n) is 4.44. The van der Waals surface area contributed by atoms with Gasteiger partial charge in [0, 0.05) is 43.5 Å². The van der Waals surface area contributed by atoms with E-state index in [9.17, 15) is 0 Å². The van der Waals surface area contributed by atoms with Crippen LogP contribution in [0.2, 0.25) is 0 Å². The van der Waals surface area contributed by atoms with Crippen LogP contribution in [0.4, 0.5) is 5.82 Å². The van der Waals surface area contributed by atoms with Gasteiger partial charge in [0.2, 0.25) is 0 Å². The van der Waals surface area contributed by atoms with Crippen molar-refractivity contribution in [2.24, 2.45) is 5.92 Å². The lowest BCUT2D eigenvalue weighted by Gasteiger charge is -2.40. The first-order chi connectivity index (χ1) is 12.3. The maximum Gasteiger partial charge on any atom is 0.151 e. The zero-order valence-corrected chi connectivity index (χ0v) is 14.2. The van der Waals surface area contributed by atoms with Crippen molar-refractivity contribution < 1.29 is 4.42 Å². The standard InChI is InChI=1S/C19H21N5O/c1-14-2-3-17(25-14)11-21-10-15-12-24(13-15)19-5-4-18(22-23-19)16-6-8-20-9-7-16/h2-9,15,21H,10-13H2,1H3. The van der Waals surface area contributed by atoms with Crippen LogP contribution in [0.3, 0.4) is 0 Å². The van der Waals surface area contributed by atoms with E-state index in [0.717, 1.165) is 54.8 Å². The van der Waals surface area contributed by atoms with Gasteiger partial charge in [-0.3, -0.25) is 4.98 Å². The highest BCUT2D eigenvalue weighted by atomic mass is 16.3. The molecule has 0 unspecified atom stereocenters. The Morgan fingerprint density at radius 3 is 2.60 bits per heavy atom. The third kappa shape index (κ3) is 3.69. The third-order valence-corrected chi connectivity index (χ3v) is 4.44. The van der Waals surface area contributed by atoms with Crippen molar-refractivity contribution >= 4 is 5.82 Å². The Balaban J connectivity index is 1.25. The largest absolute Gasteiger partial charge is 0.465 e. The molecule has 0 saturated carbocycles. The maximum atomic E-state index is 5.56. The van der Waals surface area contributed by atoms with Crippen LogP contribution in [-0.4, -0.2) is 34.8 Å². The number of nitrogens with one attached hydrogen (secondary N) is 1. The second kappa shape index (κ2) is 7.03. The second-order valence-electron chi connectivity index (χ2n) is 6.43. The number of hydrogen-bond donors (Lipinski definition) is 1. The highest BCUT2D eigenvalue weighted by molar-refractivity contribution is 5.59. The van der Waals surface area contributed by atoms with Gasteiger partial charge in [-0.05, 0) is 43.3 Å². The van der Waals surface area contributed by atoms with Crippen molar-refractivity contribution in [1.29, 1.82) is 0 Å². The van der Waals surface area contributed by atoms with Gasteiger partial charge in [0.15, 0.2) is 5.82 Å². The number of hydrogen-bond acceptors (Lipinski definition) is 6. The topological polar surface area (TPSA) is 67.1 Å². The summed E-state index contributed by atoms with van der Waals surface area (Å²) in [6.45, 7) is 5.75. The molecule has 4 rings (SSSR count). The fourth-order valence-corrected chi connectivity index (χ4v) is 3.04. The van der Waals surface area contributed by atoms with Gasteiger partial charge in [0.05, 0.1) is 12.2 Å². The van der Waals surface area contributed by atoms with Crippen molar-refractivity contribution in [2.45, 2.75) is 13.5 Å². The molecule has 3 aromatic rings. The Labute approximate surface area is 146 Å². The van der Waals surface area contributed by atoms with E-state index in [2.05, 4.69) is 25.4 Å². The summed E-state index contributed by atoms with van der Waals surface area (Å²) in [4.78, 5) is 6.28. The lowest BCUT2D eigenvalue weighted by atomic mass is 10.0. The molecule has 128 valence electrons. The SMILES string of the molecule is Cc1ccc(CNCC2CN(c3ccc(-c4ccncc4)nn3)C2)o1. The molecule has 0 spiro atoms. The molecule has 0 bridgehead atoms. The van der Waals surface area contributed by atoms with Crippen LogP contribution in [-0.2, 0) is 6.54 Å². The van der Waals surface area contributed by atoms with E-state index in [4.69, 9.17) is 4.42 Å². The van der Waals surface area contributed by atoms with Crippen molar-refractivity contribution in [2.75, 3.05) is 24.5 Å². The molecule has 4 heterocycles. The maximum absolute atomic E-state index is 5.56. The van der Waals surface area contributed by atoms with Gasteiger partial charge in [-0.2, -0.15) is 0 Å². The Hall–Kier alpha value is -2.73. The Morgan fingerprint density at radius 2 is 1.92 bits per heavy atom. The molecule has 0 amide bonds. The van der Waals surface area contributed by atoms with Crippen molar-refractivity contribution in [3.8, 4) is 11.3 Å². The van der Waals surface area contributed by atoms with Gasteiger partial charge in [-0.25, -0.2) is 0 Å². The number of anilines is 1. The molecule has 0 aromatic carbocycles. The predicted molar refractivity (Wildman–Crippen MR) is 96.1 cm³/mol. The van der Waals surface area contributed by atoms with Gasteiger partial charge < -0.3 is 14.6 Å². The van der Waals surface area contributed by atoms with E-state index in [1.54, 1.807) is 12.4 Å². The van der Waals surface area contributed by atoms with E-state index < -0.39 is 0 Å². The molecule has 0 aliphatic carbocycles. The van der Waals surface area contributed by atoms with Crippen molar-refractivity contribution in [3.05, 3.63) is 60.3 Å². The first kappa shape index (κ1) is 15.8. The normalized spacial score (nSPS) is 14.5. The zero-order valence-electron chi connectivity index (χ0n) is 14.2. The Kier molecular flexibility index (Phi) is 4.43. The summed E-state index contributed by atoms with van der Waals surface area (Å²) in [6, 6.07) is 12.0. The number of aromatic nitrogens is 3. The molecular weight excluding hydrogens is 314 g/mol.